The molecule has 1 aromatic rings. The van der Waals surface area contributed by atoms with Crippen molar-refractivity contribution < 1.29 is 28.7 Å². The van der Waals surface area contributed by atoms with E-state index < -0.39 is 29.3 Å². The first-order valence-corrected chi connectivity index (χ1v) is 9.55. The van der Waals surface area contributed by atoms with E-state index in [0.717, 1.165) is 0 Å². The Balaban J connectivity index is 2.74. The first-order chi connectivity index (χ1) is 14.2. The number of esters is 2. The predicted molar refractivity (Wildman–Crippen MR) is 108 cm³/mol. The highest BCUT2D eigenvalue weighted by Gasteiger charge is 2.42. The Bertz CT molecular complexity index is 910. The molecule has 1 heterocycles. The molecule has 0 bridgehead atoms. The molecule has 0 aromatic heterocycles. The molecule has 0 amide bonds. The number of nitrogens with zero attached hydrogens (tertiary/aromatic N) is 2. The van der Waals surface area contributed by atoms with Gasteiger partial charge in [0.05, 0.1) is 25.2 Å². The van der Waals surface area contributed by atoms with Gasteiger partial charge in [0.2, 0.25) is 12.4 Å². The summed E-state index contributed by atoms with van der Waals surface area (Å²) in [6.07, 6.45) is 0. The molecule has 1 aliphatic heterocycles. The van der Waals surface area contributed by atoms with Gasteiger partial charge in [0, 0.05) is 22.7 Å². The number of nitro groups is 1. The van der Waals surface area contributed by atoms with E-state index in [-0.39, 0.29) is 30.2 Å². The zero-order chi connectivity index (χ0) is 22.4. The minimum absolute atomic E-state index is 0.00472. The zero-order valence-electron chi connectivity index (χ0n) is 17.1. The van der Waals surface area contributed by atoms with Gasteiger partial charge in [-0.3, -0.25) is 10.1 Å². The molecule has 1 atom stereocenters. The van der Waals surface area contributed by atoms with Gasteiger partial charge in [0.1, 0.15) is 5.57 Å². The van der Waals surface area contributed by atoms with Crippen LogP contribution in [0.25, 0.3) is 0 Å². The Morgan fingerprint density at radius 2 is 1.90 bits per heavy atom. The number of halogens is 1. The molecule has 10 heteroatoms. The van der Waals surface area contributed by atoms with Crippen molar-refractivity contribution in [3.05, 3.63) is 67.7 Å². The van der Waals surface area contributed by atoms with Gasteiger partial charge >= 0.3 is 11.9 Å². The van der Waals surface area contributed by atoms with Crippen molar-refractivity contribution in [3.63, 3.8) is 0 Å². The molecule has 0 N–H and O–H groups in total. The Labute approximate surface area is 179 Å². The summed E-state index contributed by atoms with van der Waals surface area (Å²) in [5.41, 5.74) is 1.15. The second-order valence-electron chi connectivity index (χ2n) is 6.35. The lowest BCUT2D eigenvalue weighted by Gasteiger charge is -2.36. The number of rotatable bonds is 8. The largest absolute Gasteiger partial charge is 0.471 e. The third-order valence-electron chi connectivity index (χ3n) is 4.63. The van der Waals surface area contributed by atoms with Crippen LogP contribution in [0.15, 0.2) is 47.0 Å². The SMILES string of the molecule is CCOC(=O)C1=C(C)N(C)C(OCC[N+](=O)[O-])=C(C(=O)OC)C1c1ccccc1Cl. The highest BCUT2D eigenvalue weighted by Crippen LogP contribution is 2.44. The van der Waals surface area contributed by atoms with Gasteiger partial charge in [-0.05, 0) is 25.5 Å². The third kappa shape index (κ3) is 4.73. The van der Waals surface area contributed by atoms with Crippen LogP contribution in [0.5, 0.6) is 0 Å². The fourth-order valence-electron chi connectivity index (χ4n) is 3.19. The van der Waals surface area contributed by atoms with Crippen LogP contribution < -0.4 is 0 Å². The lowest BCUT2D eigenvalue weighted by Crippen LogP contribution is -2.35. The molecule has 9 nitrogen and oxygen atoms in total. The number of hydrogen-bond acceptors (Lipinski definition) is 8. The Kier molecular flexibility index (Phi) is 7.82. The summed E-state index contributed by atoms with van der Waals surface area (Å²) in [6, 6.07) is 6.76. The maximum atomic E-state index is 12.9. The molecule has 0 radical (unpaired) electrons. The number of carbonyl (C=O) groups is 2. The lowest BCUT2D eigenvalue weighted by atomic mass is 9.81. The number of hydrogen-bond donors (Lipinski definition) is 0. The van der Waals surface area contributed by atoms with E-state index in [9.17, 15) is 19.7 Å². The Morgan fingerprint density at radius 1 is 1.23 bits per heavy atom. The molecular weight excluding hydrogens is 416 g/mol. The molecule has 1 aromatic carbocycles. The molecule has 0 aliphatic carbocycles. The van der Waals surface area contributed by atoms with Crippen molar-refractivity contribution in [2.45, 2.75) is 19.8 Å². The minimum atomic E-state index is -0.938. The number of carbonyl (C=O) groups excluding carboxylic acids is 2. The van der Waals surface area contributed by atoms with E-state index in [0.29, 0.717) is 16.3 Å². The number of benzene rings is 1. The molecule has 2 rings (SSSR count). The monoisotopic (exact) mass is 438 g/mol. The normalized spacial score (nSPS) is 16.4. The molecule has 0 saturated carbocycles. The standard InChI is InChI=1S/C20H23ClN2O7/c1-5-29-20(25)15-12(2)22(3)18(30-11-10-23(26)27)17(19(24)28-4)16(15)13-8-6-7-9-14(13)21/h6-9,16H,5,10-11H2,1-4H3. The quantitative estimate of drug-likeness (QED) is 0.346. The number of allylic oxidation sites excluding steroid dienone is 1. The van der Waals surface area contributed by atoms with E-state index in [4.69, 9.17) is 25.8 Å². The van der Waals surface area contributed by atoms with Gasteiger partial charge in [0.25, 0.3) is 0 Å². The minimum Gasteiger partial charge on any atom is -0.471 e. The van der Waals surface area contributed by atoms with Crippen LogP contribution in [0.4, 0.5) is 0 Å². The van der Waals surface area contributed by atoms with Crippen LogP contribution in [0.1, 0.15) is 25.3 Å². The van der Waals surface area contributed by atoms with Gasteiger partial charge in [-0.15, -0.1) is 0 Å². The molecule has 0 spiro atoms. The molecule has 30 heavy (non-hydrogen) atoms. The maximum Gasteiger partial charge on any atom is 0.340 e. The molecule has 1 aliphatic rings. The summed E-state index contributed by atoms with van der Waals surface area (Å²) in [6.45, 7) is 2.74. The second kappa shape index (κ2) is 10.1. The van der Waals surface area contributed by atoms with Crippen LogP contribution in [0.2, 0.25) is 5.02 Å². The number of methoxy groups -OCH3 is 1. The van der Waals surface area contributed by atoms with Gasteiger partial charge in [-0.25, -0.2) is 9.59 Å². The van der Waals surface area contributed by atoms with Crippen molar-refractivity contribution >= 4 is 23.5 Å². The van der Waals surface area contributed by atoms with E-state index in [1.54, 1.807) is 45.2 Å². The summed E-state index contributed by atoms with van der Waals surface area (Å²) in [5, 5.41) is 11.0. The van der Waals surface area contributed by atoms with Crippen molar-refractivity contribution in [1.29, 1.82) is 0 Å². The first kappa shape index (κ1) is 23.2. The van der Waals surface area contributed by atoms with Crippen LogP contribution in [0, 0.1) is 10.1 Å². The predicted octanol–water partition coefficient (Wildman–Crippen LogP) is 2.88. The number of ether oxygens (including phenoxy) is 3. The Morgan fingerprint density at radius 3 is 2.47 bits per heavy atom. The second-order valence-corrected chi connectivity index (χ2v) is 6.76. The third-order valence-corrected chi connectivity index (χ3v) is 4.98. The molecule has 1 unspecified atom stereocenters. The van der Waals surface area contributed by atoms with Gasteiger partial charge in [-0.2, -0.15) is 0 Å². The summed E-state index contributed by atoms with van der Waals surface area (Å²) in [7, 11) is 2.78. The Hall–Kier alpha value is -3.07. The van der Waals surface area contributed by atoms with Crippen LogP contribution in [-0.4, -0.2) is 55.7 Å². The van der Waals surface area contributed by atoms with E-state index in [1.165, 1.54) is 12.0 Å². The first-order valence-electron chi connectivity index (χ1n) is 9.17. The van der Waals surface area contributed by atoms with Crippen LogP contribution in [0.3, 0.4) is 0 Å². The summed E-state index contributed by atoms with van der Waals surface area (Å²) in [5.74, 6) is -2.25. The maximum absolute atomic E-state index is 12.9. The average molecular weight is 439 g/mol. The average Bonchev–Trinajstić information content (AvgIpc) is 2.70. The van der Waals surface area contributed by atoms with Crippen molar-refractivity contribution in [2.24, 2.45) is 0 Å². The molecular formula is C20H23ClN2O7. The summed E-state index contributed by atoms with van der Waals surface area (Å²) >= 11 is 6.40. The van der Waals surface area contributed by atoms with Gasteiger partial charge in [-0.1, -0.05) is 29.8 Å². The summed E-state index contributed by atoms with van der Waals surface area (Å²) < 4.78 is 15.8. The highest BCUT2D eigenvalue weighted by atomic mass is 35.5. The van der Waals surface area contributed by atoms with Crippen LogP contribution in [-0.2, 0) is 23.8 Å². The van der Waals surface area contributed by atoms with Crippen molar-refractivity contribution in [2.75, 3.05) is 33.9 Å². The fraction of sp³-hybridized carbons (Fsp3) is 0.400. The highest BCUT2D eigenvalue weighted by molar-refractivity contribution is 6.31. The van der Waals surface area contributed by atoms with Gasteiger partial charge < -0.3 is 19.1 Å². The van der Waals surface area contributed by atoms with Crippen molar-refractivity contribution in [3.8, 4) is 0 Å². The zero-order valence-corrected chi connectivity index (χ0v) is 17.9. The van der Waals surface area contributed by atoms with Gasteiger partial charge in [0.15, 0.2) is 6.61 Å². The van der Waals surface area contributed by atoms with E-state index in [2.05, 4.69) is 0 Å². The lowest BCUT2D eigenvalue weighted by molar-refractivity contribution is -0.483. The molecule has 0 saturated heterocycles. The van der Waals surface area contributed by atoms with E-state index in [1.807, 2.05) is 0 Å². The van der Waals surface area contributed by atoms with Crippen molar-refractivity contribution in [1.82, 2.24) is 4.90 Å². The molecule has 162 valence electrons. The van der Waals surface area contributed by atoms with Crippen LogP contribution >= 0.6 is 11.6 Å². The molecule has 0 fully saturated rings. The smallest absolute Gasteiger partial charge is 0.340 e. The summed E-state index contributed by atoms with van der Waals surface area (Å²) in [4.78, 5) is 37.3. The van der Waals surface area contributed by atoms with E-state index >= 15 is 0 Å². The fourth-order valence-corrected chi connectivity index (χ4v) is 3.44. The topological polar surface area (TPSA) is 108 Å².